The number of nitrogens with zero attached hydrogens (tertiary/aromatic N) is 4. The molecule has 9 nitrogen and oxygen atoms in total. The summed E-state index contributed by atoms with van der Waals surface area (Å²) < 4.78 is 8.80. The molecule has 0 atom stereocenters. The Morgan fingerprint density at radius 3 is 2.42 bits per heavy atom. The topological polar surface area (TPSA) is 103 Å². The summed E-state index contributed by atoms with van der Waals surface area (Å²) in [6, 6.07) is 9.92. The van der Waals surface area contributed by atoms with Crippen LogP contribution < -0.4 is 15.4 Å². The number of carbonyl (C=O) groups excluding carboxylic acids is 2. The van der Waals surface area contributed by atoms with Gasteiger partial charge in [0, 0.05) is 43.0 Å². The van der Waals surface area contributed by atoms with E-state index < -0.39 is 5.91 Å². The average Bonchev–Trinajstić information content (AvgIpc) is 3.41. The van der Waals surface area contributed by atoms with Crippen molar-refractivity contribution in [2.75, 3.05) is 5.32 Å². The van der Waals surface area contributed by atoms with Crippen LogP contribution in [0.4, 0.5) is 5.69 Å². The van der Waals surface area contributed by atoms with Crippen LogP contribution >= 0.6 is 34.8 Å². The SMILES string of the molecule is Cn1cc(CNC(=O)c2c(NC(=O)c3cccc(COc4c(Cl)cc(Cl)cc4Cl)c3)cnn2C)cn1. The first kappa shape index (κ1) is 25.6. The molecule has 0 saturated heterocycles. The number of aryl methyl sites for hydroxylation is 2. The summed E-state index contributed by atoms with van der Waals surface area (Å²) in [7, 11) is 3.42. The van der Waals surface area contributed by atoms with Crippen molar-refractivity contribution in [2.24, 2.45) is 14.1 Å². The molecule has 2 amide bonds. The minimum atomic E-state index is -0.409. The van der Waals surface area contributed by atoms with Crippen LogP contribution in [0.5, 0.6) is 5.75 Å². The summed E-state index contributed by atoms with van der Waals surface area (Å²) in [5.41, 5.74) is 2.44. The van der Waals surface area contributed by atoms with E-state index in [2.05, 4.69) is 20.8 Å². The van der Waals surface area contributed by atoms with Crippen LogP contribution in [0.3, 0.4) is 0 Å². The number of hydrogen-bond donors (Lipinski definition) is 2. The van der Waals surface area contributed by atoms with E-state index >= 15 is 0 Å². The van der Waals surface area contributed by atoms with Gasteiger partial charge in [-0.3, -0.25) is 19.0 Å². The van der Waals surface area contributed by atoms with Gasteiger partial charge in [0.15, 0.2) is 5.75 Å². The highest BCUT2D eigenvalue weighted by Crippen LogP contribution is 2.36. The molecular formula is C24H21Cl3N6O3. The zero-order chi connectivity index (χ0) is 25.8. The van der Waals surface area contributed by atoms with Gasteiger partial charge < -0.3 is 15.4 Å². The third-order valence-electron chi connectivity index (χ3n) is 5.15. The van der Waals surface area contributed by atoms with Gasteiger partial charge in [-0.1, -0.05) is 46.9 Å². The van der Waals surface area contributed by atoms with Crippen LogP contribution in [-0.4, -0.2) is 31.4 Å². The predicted molar refractivity (Wildman–Crippen MR) is 138 cm³/mol. The third-order valence-corrected chi connectivity index (χ3v) is 5.93. The van der Waals surface area contributed by atoms with E-state index in [0.717, 1.165) is 5.56 Å². The highest BCUT2D eigenvalue weighted by molar-refractivity contribution is 6.40. The first-order valence-corrected chi connectivity index (χ1v) is 11.8. The molecular weight excluding hydrogens is 527 g/mol. The van der Waals surface area contributed by atoms with Gasteiger partial charge in [0.2, 0.25) is 0 Å². The highest BCUT2D eigenvalue weighted by Gasteiger charge is 2.19. The van der Waals surface area contributed by atoms with Crippen molar-refractivity contribution in [2.45, 2.75) is 13.2 Å². The van der Waals surface area contributed by atoms with Gasteiger partial charge >= 0.3 is 0 Å². The molecule has 186 valence electrons. The zero-order valence-corrected chi connectivity index (χ0v) is 21.5. The lowest BCUT2D eigenvalue weighted by Gasteiger charge is -2.12. The van der Waals surface area contributed by atoms with Gasteiger partial charge in [0.1, 0.15) is 12.3 Å². The van der Waals surface area contributed by atoms with Crippen molar-refractivity contribution < 1.29 is 14.3 Å². The second-order valence-electron chi connectivity index (χ2n) is 7.88. The number of halogens is 3. The predicted octanol–water partition coefficient (Wildman–Crippen LogP) is 4.88. The number of benzene rings is 2. The number of aromatic nitrogens is 4. The number of hydrogen-bond acceptors (Lipinski definition) is 5. The summed E-state index contributed by atoms with van der Waals surface area (Å²) >= 11 is 18.3. The summed E-state index contributed by atoms with van der Waals surface area (Å²) in [5.74, 6) is -0.489. The molecule has 4 aromatic rings. The Hall–Kier alpha value is -3.53. The second-order valence-corrected chi connectivity index (χ2v) is 9.13. The van der Waals surface area contributed by atoms with Crippen LogP contribution in [0, 0.1) is 0 Å². The van der Waals surface area contributed by atoms with E-state index in [1.807, 2.05) is 0 Å². The third kappa shape index (κ3) is 5.99. The quantitative estimate of drug-likeness (QED) is 0.327. The van der Waals surface area contributed by atoms with E-state index in [4.69, 9.17) is 39.5 Å². The van der Waals surface area contributed by atoms with Gasteiger partial charge in [-0.2, -0.15) is 10.2 Å². The number of carbonyl (C=O) groups is 2. The molecule has 36 heavy (non-hydrogen) atoms. The van der Waals surface area contributed by atoms with Crippen LogP contribution in [0.15, 0.2) is 55.0 Å². The van der Waals surface area contributed by atoms with E-state index in [-0.39, 0.29) is 40.5 Å². The van der Waals surface area contributed by atoms with E-state index in [9.17, 15) is 9.59 Å². The van der Waals surface area contributed by atoms with Crippen molar-refractivity contribution in [1.29, 1.82) is 0 Å². The number of nitrogens with one attached hydrogen (secondary N) is 2. The fraction of sp³-hybridized carbons (Fsp3) is 0.167. The van der Waals surface area contributed by atoms with Crippen molar-refractivity contribution >= 4 is 52.3 Å². The maximum Gasteiger partial charge on any atom is 0.271 e. The standard InChI is InChI=1S/C24H21Cl3N6O3/c1-32-12-15(10-29-32)9-28-24(35)21-20(11-30-33(21)2)31-23(34)16-5-3-4-14(6-16)13-36-22-18(26)7-17(25)8-19(22)27/h3-8,10-12H,9,13H2,1-2H3,(H,28,35)(H,31,34). The summed E-state index contributed by atoms with van der Waals surface area (Å²) in [6.07, 6.45) is 4.89. The van der Waals surface area contributed by atoms with Crippen LogP contribution in [0.1, 0.15) is 32.0 Å². The maximum absolute atomic E-state index is 13.0. The Morgan fingerprint density at radius 2 is 1.72 bits per heavy atom. The van der Waals surface area contributed by atoms with Crippen molar-refractivity contribution in [3.8, 4) is 5.75 Å². The average molecular weight is 548 g/mol. The number of ether oxygens (including phenoxy) is 1. The molecule has 2 aromatic heterocycles. The van der Waals surface area contributed by atoms with Crippen molar-refractivity contribution in [3.05, 3.63) is 92.4 Å². The molecule has 0 saturated carbocycles. The van der Waals surface area contributed by atoms with Gasteiger partial charge in [0.25, 0.3) is 11.8 Å². The van der Waals surface area contributed by atoms with Gasteiger partial charge in [-0.05, 0) is 29.8 Å². The molecule has 0 unspecified atom stereocenters. The molecule has 0 aliphatic heterocycles. The molecule has 0 bridgehead atoms. The fourth-order valence-corrected chi connectivity index (χ4v) is 4.37. The molecule has 12 heteroatoms. The Bertz CT molecular complexity index is 1410. The van der Waals surface area contributed by atoms with Crippen LogP contribution in [0.2, 0.25) is 15.1 Å². The Balaban J connectivity index is 1.43. The van der Waals surface area contributed by atoms with Gasteiger partial charge in [-0.15, -0.1) is 0 Å². The molecule has 2 heterocycles. The summed E-state index contributed by atoms with van der Waals surface area (Å²) in [5, 5.41) is 14.7. The Kier molecular flexibility index (Phi) is 7.83. The summed E-state index contributed by atoms with van der Waals surface area (Å²) in [6.45, 7) is 0.409. The highest BCUT2D eigenvalue weighted by atomic mass is 35.5. The smallest absolute Gasteiger partial charge is 0.271 e. The molecule has 0 aliphatic rings. The number of amides is 2. The fourth-order valence-electron chi connectivity index (χ4n) is 3.45. The van der Waals surface area contributed by atoms with Gasteiger partial charge in [0.05, 0.1) is 28.1 Å². The Morgan fingerprint density at radius 1 is 0.972 bits per heavy atom. The lowest BCUT2D eigenvalue weighted by molar-refractivity contribution is 0.0942. The lowest BCUT2D eigenvalue weighted by Crippen LogP contribution is -2.26. The van der Waals surface area contributed by atoms with Crippen molar-refractivity contribution in [3.63, 3.8) is 0 Å². The molecule has 0 radical (unpaired) electrons. The largest absolute Gasteiger partial charge is 0.486 e. The second kappa shape index (κ2) is 11.0. The zero-order valence-electron chi connectivity index (χ0n) is 19.3. The summed E-state index contributed by atoms with van der Waals surface area (Å²) in [4.78, 5) is 25.8. The van der Waals surface area contributed by atoms with Crippen LogP contribution in [0.25, 0.3) is 0 Å². The number of rotatable bonds is 8. The van der Waals surface area contributed by atoms with Gasteiger partial charge in [-0.25, -0.2) is 0 Å². The minimum absolute atomic E-state index is 0.122. The van der Waals surface area contributed by atoms with Crippen LogP contribution in [-0.2, 0) is 27.2 Å². The molecule has 0 fully saturated rings. The minimum Gasteiger partial charge on any atom is -0.486 e. The first-order valence-electron chi connectivity index (χ1n) is 10.7. The lowest BCUT2D eigenvalue weighted by atomic mass is 10.1. The van der Waals surface area contributed by atoms with E-state index in [1.165, 1.54) is 23.0 Å². The van der Waals surface area contributed by atoms with Crippen molar-refractivity contribution in [1.82, 2.24) is 24.9 Å². The molecule has 0 aliphatic carbocycles. The monoisotopic (exact) mass is 546 g/mol. The first-order chi connectivity index (χ1) is 17.2. The normalized spacial score (nSPS) is 10.8. The maximum atomic E-state index is 13.0. The number of anilines is 1. The molecule has 2 aromatic carbocycles. The molecule has 0 spiro atoms. The Labute approximate surface area is 221 Å². The van der Waals surface area contributed by atoms with E-state index in [0.29, 0.717) is 21.9 Å². The molecule has 4 rings (SSSR count). The van der Waals surface area contributed by atoms with E-state index in [1.54, 1.807) is 55.4 Å². The molecule has 2 N–H and O–H groups in total.